The molecule has 25 heteroatoms. The molecule has 354 valence electrons. The van der Waals surface area contributed by atoms with Crippen molar-refractivity contribution in [2.75, 3.05) is 5.73 Å². The Kier molecular flexibility index (Phi) is 20.4. The number of rotatable bonds is 7. The average molecular weight is 1230 g/mol. The number of anilines is 1. The van der Waals surface area contributed by atoms with Gasteiger partial charge in [-0.1, -0.05) is 126 Å². The standard InChI is InChI=1S/C15H10ClN3O3.C15H12N4O3.C11H10O.C4HCl2N3O2.BH.H3N.U/c2*1-9-6-7-12(11-5-3-2-4-10(9)11)22-15-13(19(20)21)14(16)17-8-18-15;1-8-6-7-11(12)10-5-3-2-4-9(8)10;5-3-2(9(10)11)4(6)8-1-7-3;;;/h2-8H,1H3;2-8H,1H3,(H2,16,17,18);2-7,12H,1H3;1H;1H;1H3;/i;;;;1D;;. The van der Waals surface area contributed by atoms with Gasteiger partial charge in [-0.05, 0) is 73.2 Å². The van der Waals surface area contributed by atoms with Gasteiger partial charge in [0.25, 0.3) is 0 Å². The van der Waals surface area contributed by atoms with Crippen LogP contribution >= 0.6 is 34.8 Å². The molecule has 20 nitrogen and oxygen atoms in total. The van der Waals surface area contributed by atoms with Gasteiger partial charge in [0, 0.05) is 55.6 Å². The van der Waals surface area contributed by atoms with E-state index in [-0.39, 0.29) is 70.3 Å². The number of fused-ring (bicyclic) bond motifs is 3. The third kappa shape index (κ3) is 13.5. The zero-order valence-corrected chi connectivity index (χ0v) is 43.3. The van der Waals surface area contributed by atoms with E-state index in [0.717, 1.165) is 62.4 Å². The summed E-state index contributed by atoms with van der Waals surface area (Å²) in [6.45, 7) is 6.01. The van der Waals surface area contributed by atoms with Crippen molar-refractivity contribution in [3.8, 4) is 29.0 Å². The quantitative estimate of drug-likeness (QED) is 0.0578. The fourth-order valence-corrected chi connectivity index (χ4v) is 6.99. The first-order valence-electron chi connectivity index (χ1n) is 19.8. The first-order valence-corrected chi connectivity index (χ1v) is 20.4. The fourth-order valence-electron chi connectivity index (χ4n) is 6.34. The zero-order valence-electron chi connectivity index (χ0n) is 37.9. The smallest absolute Gasteiger partial charge is 0.372 e. The Morgan fingerprint density at radius 2 is 0.843 bits per heavy atom. The van der Waals surface area contributed by atoms with Crippen molar-refractivity contribution in [2.45, 2.75) is 20.8 Å². The molecule has 0 atom stereocenters. The van der Waals surface area contributed by atoms with E-state index in [2.05, 4.69) is 38.3 Å². The molecule has 3 aromatic heterocycles. The molecule has 70 heavy (non-hydrogen) atoms. The molecule has 0 fully saturated rings. The maximum atomic E-state index is 11.1. The van der Waals surface area contributed by atoms with Crippen molar-refractivity contribution in [1.29, 1.82) is 1.34 Å². The van der Waals surface area contributed by atoms with Gasteiger partial charge in [0.15, 0.2) is 0 Å². The number of ether oxygens (including phenoxy) is 2. The van der Waals surface area contributed by atoms with Crippen LogP contribution < -0.4 is 21.4 Å². The number of nitrogen functional groups attached to an aromatic ring is 1. The van der Waals surface area contributed by atoms with Gasteiger partial charge in [0.05, 0.1) is 14.8 Å². The number of halogens is 3. The van der Waals surface area contributed by atoms with Crippen LogP contribution in [0.5, 0.6) is 29.0 Å². The van der Waals surface area contributed by atoms with Crippen LogP contribution in [0.25, 0.3) is 32.3 Å². The summed E-state index contributed by atoms with van der Waals surface area (Å²) in [5.74, 6) is 0.717. The van der Waals surface area contributed by atoms with Crippen LogP contribution in [0.3, 0.4) is 0 Å². The van der Waals surface area contributed by atoms with Gasteiger partial charge in [0.2, 0.25) is 21.3 Å². The van der Waals surface area contributed by atoms with Crippen molar-refractivity contribution >= 4 is 98.4 Å². The Labute approximate surface area is 439 Å². The minimum absolute atomic E-state index is 0. The van der Waals surface area contributed by atoms with Crippen LogP contribution in [0, 0.1) is 82.2 Å². The Bertz CT molecular complexity index is 3150. The van der Waals surface area contributed by atoms with Crippen molar-refractivity contribution in [3.63, 3.8) is 0 Å². The number of nitrogens with two attached hydrogens (primary N) is 1. The number of aryl methyl sites for hydroxylation is 3. The molecule has 0 saturated carbocycles. The number of aromatic hydroxyl groups is 1. The molecule has 9 aromatic rings. The largest absolute Gasteiger partial charge is 0.507 e. The van der Waals surface area contributed by atoms with Crippen LogP contribution in [0.15, 0.2) is 128 Å². The number of hydrogen-bond donors (Lipinski definition) is 3. The van der Waals surface area contributed by atoms with E-state index in [0.29, 0.717) is 17.2 Å². The molecular weight excluding hydrogens is 1190 g/mol. The first kappa shape index (κ1) is 55.3. The number of nitrogens with zero attached hydrogens (tertiary/aromatic N) is 9. The second-order valence-electron chi connectivity index (χ2n) is 13.8. The predicted octanol–water partition coefficient (Wildman–Crippen LogP) is 11.6. The van der Waals surface area contributed by atoms with Gasteiger partial charge in [0.1, 0.15) is 36.2 Å². The molecule has 0 spiro atoms. The fraction of sp³-hybridized carbons (Fsp3) is 0.0667. The Hall–Kier alpha value is -7.31. The van der Waals surface area contributed by atoms with Crippen LogP contribution in [0.1, 0.15) is 16.7 Å². The van der Waals surface area contributed by atoms with E-state index >= 15 is 0 Å². The third-order valence-corrected chi connectivity index (χ3v) is 10.4. The summed E-state index contributed by atoms with van der Waals surface area (Å²) in [6.07, 6.45) is 3.31. The Balaban J connectivity index is 0.000000255. The van der Waals surface area contributed by atoms with Crippen LogP contribution in [0.2, 0.25) is 15.5 Å². The van der Waals surface area contributed by atoms with Gasteiger partial charge >= 0.3 is 28.8 Å². The van der Waals surface area contributed by atoms with E-state index < -0.39 is 31.8 Å². The molecule has 3 heterocycles. The van der Waals surface area contributed by atoms with Crippen LogP contribution in [0.4, 0.5) is 22.9 Å². The van der Waals surface area contributed by atoms with Gasteiger partial charge in [-0.25, -0.2) is 19.9 Å². The number of aromatic nitrogens is 6. The number of phenolic OH excluding ortho intramolecular Hbond substituents is 1. The molecule has 6 N–H and O–H groups in total. The monoisotopic (exact) mass is 1230 g/mol. The molecule has 0 aliphatic heterocycles. The molecule has 0 amide bonds. The minimum Gasteiger partial charge on any atom is -0.507 e. The molecule has 0 aliphatic rings. The number of benzene rings is 6. The SMILES string of the molecule is Cc1ccc(O)c2ccccc12.Cc1ccc(Oc2ncnc(Cl)c2[N+](=O)[O-])c2ccccc12.Cc1ccc(Oc2ncnc(N)c2[N+](=O)[O-])c2ccccc12.N.O=[N+]([O-])c1c(Cl)ncnc1Cl.[2H][B].[U]. The molecule has 0 bridgehead atoms. The zero-order chi connectivity index (χ0) is 50.4. The van der Waals surface area contributed by atoms with Crippen molar-refractivity contribution < 1.29 is 60.5 Å². The molecule has 9 rings (SSSR count). The third-order valence-electron chi connectivity index (χ3n) is 9.58. The van der Waals surface area contributed by atoms with Gasteiger partial charge in [-0.2, -0.15) is 9.97 Å². The number of hydrogen-bond acceptors (Lipinski definition) is 17. The summed E-state index contributed by atoms with van der Waals surface area (Å²) >= 11 is 16.5. The van der Waals surface area contributed by atoms with E-state index in [4.69, 9.17) is 51.3 Å². The topological polar surface area (TPSA) is 306 Å². The molecule has 2 radical (unpaired) electrons. The normalized spacial score (nSPS) is 10.1. The van der Waals surface area contributed by atoms with Crippen LogP contribution in [-0.2, 0) is 0 Å². The van der Waals surface area contributed by atoms with Gasteiger partial charge < -0.3 is 26.5 Å². The molecule has 0 saturated heterocycles. The average Bonchev–Trinajstić information content (AvgIpc) is 3.33. The van der Waals surface area contributed by atoms with E-state index in [1.807, 2.05) is 112 Å². The number of phenols is 1. The molecule has 0 unspecified atom stereocenters. The maximum absolute atomic E-state index is 11.1. The summed E-state index contributed by atoms with van der Waals surface area (Å²) < 4.78 is 16.5. The van der Waals surface area contributed by atoms with Crippen molar-refractivity contribution in [3.05, 3.63) is 191 Å². The Morgan fingerprint density at radius 1 is 0.514 bits per heavy atom. The van der Waals surface area contributed by atoms with Gasteiger partial charge in [-0.15, -0.1) is 0 Å². The maximum Gasteiger partial charge on any atom is 0.372 e. The van der Waals surface area contributed by atoms with Crippen molar-refractivity contribution in [2.24, 2.45) is 0 Å². The second kappa shape index (κ2) is 25.9. The van der Waals surface area contributed by atoms with Crippen LogP contribution in [-0.4, -0.2) is 59.5 Å². The second-order valence-corrected chi connectivity index (χ2v) is 14.9. The molecular formula is C45H37BCl3N11O9U. The van der Waals surface area contributed by atoms with E-state index in [9.17, 15) is 35.4 Å². The minimum atomic E-state index is -0.731. The van der Waals surface area contributed by atoms with E-state index in [1.165, 1.54) is 5.56 Å². The van der Waals surface area contributed by atoms with Gasteiger partial charge in [-0.3, -0.25) is 30.3 Å². The van der Waals surface area contributed by atoms with Crippen molar-refractivity contribution in [1.82, 2.24) is 36.1 Å². The molecule has 6 aromatic carbocycles. The predicted molar refractivity (Wildman–Crippen MR) is 266 cm³/mol. The summed E-state index contributed by atoms with van der Waals surface area (Å²) in [4.78, 5) is 52.1. The summed E-state index contributed by atoms with van der Waals surface area (Å²) in [6, 6.07) is 34.0. The summed E-state index contributed by atoms with van der Waals surface area (Å²) in [7, 11) is 3.75. The molecule has 0 aliphatic carbocycles. The number of nitro groups is 3. The first-order chi connectivity index (χ1) is 33.1. The summed E-state index contributed by atoms with van der Waals surface area (Å²) in [5, 5.41) is 46.9. The van der Waals surface area contributed by atoms with E-state index in [1.54, 1.807) is 18.2 Å². The Morgan fingerprint density at radius 3 is 1.24 bits per heavy atom. The summed E-state index contributed by atoms with van der Waals surface area (Å²) in [5.41, 5.74) is 7.55.